The summed E-state index contributed by atoms with van der Waals surface area (Å²) in [5.74, 6) is -4.17. The molecule has 0 aliphatic carbocycles. The molecule has 0 saturated heterocycles. The minimum absolute atomic E-state index is 0.848. The van der Waals surface area contributed by atoms with E-state index in [1.54, 1.807) is 0 Å². The molecule has 0 heterocycles. The van der Waals surface area contributed by atoms with Gasteiger partial charge in [0.05, 0.1) is 1.37 Å². The van der Waals surface area contributed by atoms with E-state index in [1.165, 1.54) is 0 Å². The number of nitrogens with two attached hydrogens (primary N) is 1. The van der Waals surface area contributed by atoms with Crippen LogP contribution in [0.2, 0.25) is 2.82 Å². The maximum absolute atomic E-state index is 11.2. The predicted octanol–water partition coefficient (Wildman–Crippen LogP) is -0.737. The lowest BCUT2D eigenvalue weighted by Gasteiger charge is -2.01. The molecule has 10 heavy (non-hydrogen) atoms. The number of aliphatic carboxylic acids is 2. The van der Waals surface area contributed by atoms with E-state index < -0.39 is 36.4 Å². The molecule has 0 fully saturated rings. The number of carboxylic acid groups (broad SMARTS) is 2. The Hall–Kier alpha value is -1.10. The lowest BCUT2D eigenvalue weighted by molar-refractivity contribution is -0.139. The number of carbonyl (C=O) groups is 2. The van der Waals surface area contributed by atoms with Crippen molar-refractivity contribution in [1.82, 2.24) is 0 Å². The van der Waals surface area contributed by atoms with Crippen LogP contribution >= 0.6 is 0 Å². The third-order valence-electron chi connectivity index (χ3n) is 0.476. The van der Waals surface area contributed by atoms with Crippen molar-refractivity contribution in [1.29, 1.82) is 2.86 Å². The first-order valence-corrected chi connectivity index (χ1v) is 2.04. The van der Waals surface area contributed by atoms with Gasteiger partial charge in [-0.05, 0) is 6.37 Å². The molecule has 0 bridgehead atoms. The van der Waals surface area contributed by atoms with Crippen molar-refractivity contribution in [3.05, 3.63) is 0 Å². The summed E-state index contributed by atoms with van der Waals surface area (Å²) in [6.45, 7) is 0. The molecule has 0 aromatic carbocycles. The van der Waals surface area contributed by atoms with Gasteiger partial charge >= 0.3 is 11.9 Å². The Kier molecular flexibility index (Phi) is 0.746. The Morgan fingerprint density at radius 3 is 3.20 bits per heavy atom. The molecule has 5 heteroatoms. The molecule has 0 spiro atoms. The van der Waals surface area contributed by atoms with E-state index in [2.05, 4.69) is 10.2 Å². The second-order valence-electron chi connectivity index (χ2n) is 1.17. The van der Waals surface area contributed by atoms with Crippen LogP contribution in [-0.4, -0.2) is 28.2 Å². The summed E-state index contributed by atoms with van der Waals surface area (Å²) < 4.78 is 62.5. The molecule has 0 amide bonds. The van der Waals surface area contributed by atoms with E-state index in [9.17, 15) is 9.59 Å². The number of hydrogen-bond acceptors (Lipinski definition) is 5. The average Bonchev–Trinajstić information content (AvgIpc) is 2.34. The van der Waals surface area contributed by atoms with Gasteiger partial charge in [-0.15, -0.1) is 0 Å². The van der Waals surface area contributed by atoms with E-state index in [-0.39, 0.29) is 0 Å². The monoisotopic (exact) mass is 162 g/mol. The molecule has 0 aliphatic heterocycles. The summed E-state index contributed by atoms with van der Waals surface area (Å²) in [6, 6.07) is -3.69. The fourth-order valence-corrected chi connectivity index (χ4v) is 0.161. The summed E-state index contributed by atoms with van der Waals surface area (Å²) in [5.41, 5.74) is -0.848. The highest BCUT2D eigenvalue weighted by Gasteiger charge is 2.12. The number of rotatable bonds is 5. The zero-order valence-electron chi connectivity index (χ0n) is 13.6. The first-order chi connectivity index (χ1) is 8.41. The van der Waals surface area contributed by atoms with Gasteiger partial charge in [-0.2, -0.15) is 0 Å². The summed E-state index contributed by atoms with van der Waals surface area (Å²) in [5, 5.41) is 6.57. The van der Waals surface area contributed by atoms with Crippen LogP contribution in [0.15, 0.2) is 0 Å². The second kappa shape index (κ2) is 3.84. The lowest BCUT2D eigenvalue weighted by atomic mass is 11.1. The SMILES string of the molecule is [2H]O[13C](=O)[13C]([2H])([2H])[13C]([2H])([2H])[13C@@]([2H])([13C](=O)O[2H])[15N]([2H])[2H]. The molecule has 0 saturated carbocycles. The fraction of sp³-hybridized carbons (Fsp3) is 0.600. The van der Waals surface area contributed by atoms with Crippen molar-refractivity contribution in [2.45, 2.75) is 18.8 Å². The minimum atomic E-state index is -3.82. The molecule has 0 aromatic rings. The molecule has 5 nitrogen and oxygen atoms in total. The van der Waals surface area contributed by atoms with Crippen LogP contribution < -0.4 is 5.72 Å². The maximum Gasteiger partial charge on any atom is 0.320 e. The maximum atomic E-state index is 11.2. The van der Waals surface area contributed by atoms with Gasteiger partial charge in [0.2, 0.25) is 0 Å². The molecule has 0 aliphatic rings. The van der Waals surface area contributed by atoms with Gasteiger partial charge in [-0.25, -0.2) is 0 Å². The van der Waals surface area contributed by atoms with Crippen molar-refractivity contribution in [2.24, 2.45) is 5.72 Å². The second-order valence-corrected chi connectivity index (χ2v) is 1.17. The summed E-state index contributed by atoms with van der Waals surface area (Å²) >= 11 is 0. The molecule has 58 valence electrons. The van der Waals surface area contributed by atoms with Gasteiger partial charge < -0.3 is 15.9 Å². The molecule has 0 unspecified atom stereocenters. The van der Waals surface area contributed by atoms with Crippen molar-refractivity contribution in [3.63, 3.8) is 0 Å². The van der Waals surface area contributed by atoms with Crippen LogP contribution in [0.25, 0.3) is 2.86 Å². The highest BCUT2D eigenvalue weighted by molar-refractivity contribution is 5.74. The van der Waals surface area contributed by atoms with Gasteiger partial charge in [0.25, 0.3) is 2.86 Å². The molecule has 0 radical (unpaired) electrons. The van der Waals surface area contributed by atoms with Crippen molar-refractivity contribution >= 4 is 11.9 Å². The normalized spacial score (nSPS) is 31.1. The summed E-state index contributed by atoms with van der Waals surface area (Å²) in [6.07, 6.45) is -7.54. The Morgan fingerprint density at radius 2 is 2.70 bits per heavy atom. The zero-order chi connectivity index (χ0) is 15.6. The third-order valence-corrected chi connectivity index (χ3v) is 0.476. The molecular formula is C5H9NO4. The number of carboxylic acids is 2. The van der Waals surface area contributed by atoms with Crippen molar-refractivity contribution in [2.75, 3.05) is 0 Å². The highest BCUT2D eigenvalue weighted by Crippen LogP contribution is 1.93. The molecular weight excluding hydrogens is 144 g/mol. The van der Waals surface area contributed by atoms with Gasteiger partial charge in [0.1, 0.15) is 8.84 Å². The third kappa shape index (κ3) is 3.85. The highest BCUT2D eigenvalue weighted by atomic mass is 16.5. The quantitative estimate of drug-likeness (QED) is 0.365. The Balaban J connectivity index is 5.95. The fourth-order valence-electron chi connectivity index (χ4n) is 0.161. The van der Waals surface area contributed by atoms with E-state index >= 15 is 0 Å². The van der Waals surface area contributed by atoms with Crippen LogP contribution in [0.1, 0.15) is 19.6 Å². The van der Waals surface area contributed by atoms with E-state index in [0.29, 0.717) is 0 Å². The zero-order valence-corrected chi connectivity index (χ0v) is 4.58. The van der Waals surface area contributed by atoms with E-state index in [1.807, 2.05) is 0 Å². The first-order valence-electron chi connectivity index (χ1n) is 6.25. The van der Waals surface area contributed by atoms with Gasteiger partial charge in [-0.1, -0.05) is 0 Å². The van der Waals surface area contributed by atoms with Crippen LogP contribution in [0, 0.1) is 0 Å². The first kappa shape index (κ1) is 1.94. The van der Waals surface area contributed by atoms with Crippen molar-refractivity contribution in [3.8, 4) is 0 Å². The standard InChI is InChI=1S/C5H9NO4/c6-3(5(9)10)1-2-4(7)8/h3H,1-2,6H2,(H,7,8)(H,9,10)/t3-/m0/s1/i1+1D2,2+1D2,3+1D,4+1,5+1,6+1/hD4. The Bertz CT molecular complexity index is 374. The van der Waals surface area contributed by atoms with Gasteiger partial charge in [-0.3, -0.25) is 9.59 Å². The lowest BCUT2D eigenvalue weighted by Crippen LogP contribution is -2.30. The molecule has 1 atom stereocenters. The van der Waals surface area contributed by atoms with Crippen LogP contribution in [0.5, 0.6) is 0 Å². The smallest absolute Gasteiger partial charge is 0.320 e. The van der Waals surface area contributed by atoms with Crippen LogP contribution in [0.3, 0.4) is 0 Å². The number of hydrogen-bond donors (Lipinski definition) is 3. The summed E-state index contributed by atoms with van der Waals surface area (Å²) in [4.78, 5) is 22.2. The van der Waals surface area contributed by atoms with Crippen molar-refractivity contribution < 1.29 is 29.5 Å². The van der Waals surface area contributed by atoms with Crippen LogP contribution in [0.4, 0.5) is 0 Å². The average molecular weight is 162 g/mol. The minimum Gasteiger partial charge on any atom is -0.481 e. The molecule has 0 rings (SSSR count). The Labute approximate surface area is 70.4 Å². The molecule has 0 aromatic heterocycles. The van der Waals surface area contributed by atoms with E-state index in [0.717, 1.165) is 0 Å². The summed E-state index contributed by atoms with van der Waals surface area (Å²) in [7, 11) is 0. The Morgan fingerprint density at radius 1 is 1.90 bits per heavy atom. The predicted molar refractivity (Wildman–Crippen MR) is 32.5 cm³/mol. The largest absolute Gasteiger partial charge is 0.481 e. The topological polar surface area (TPSA) is 101 Å². The van der Waals surface area contributed by atoms with Gasteiger partial charge in [0.15, 0.2) is 0 Å². The van der Waals surface area contributed by atoms with Gasteiger partial charge in [0, 0.05) is 11.9 Å². The molecule has 4 N–H and O–H groups in total. The van der Waals surface area contributed by atoms with E-state index in [4.69, 9.17) is 12.5 Å². The van der Waals surface area contributed by atoms with Crippen LogP contribution in [-0.2, 0) is 9.59 Å².